The molecule has 0 fully saturated rings. The smallest absolute Gasteiger partial charge is 0.341 e. The molecule has 0 unspecified atom stereocenters. The van der Waals surface area contributed by atoms with Crippen molar-refractivity contribution < 1.29 is 13.9 Å². The van der Waals surface area contributed by atoms with Crippen molar-refractivity contribution in [1.82, 2.24) is 0 Å². The van der Waals surface area contributed by atoms with E-state index in [0.717, 1.165) is 0 Å². The first-order chi connectivity index (χ1) is 6.54. The molecule has 14 heavy (non-hydrogen) atoms. The van der Waals surface area contributed by atoms with E-state index < -0.39 is 5.97 Å². The summed E-state index contributed by atoms with van der Waals surface area (Å²) in [5.74, 6) is 0.680. The van der Waals surface area contributed by atoms with E-state index in [1.165, 1.54) is 7.11 Å². The maximum Gasteiger partial charge on any atom is 0.341 e. The normalized spacial score (nSPS) is 9.86. The summed E-state index contributed by atoms with van der Waals surface area (Å²) in [6.45, 7) is 1.69. The molecule has 0 aliphatic carbocycles. The minimum atomic E-state index is -0.416. The molecule has 0 bridgehead atoms. The zero-order valence-electron chi connectivity index (χ0n) is 7.99. The third-order valence-corrected chi connectivity index (χ3v) is 1.87. The van der Waals surface area contributed by atoms with Gasteiger partial charge in [-0.15, -0.1) is 0 Å². The first kappa shape index (κ1) is 10.7. The summed E-state index contributed by atoms with van der Waals surface area (Å²) in [4.78, 5) is 11.5. The molecule has 0 aliphatic heterocycles. The average Bonchev–Trinajstić information content (AvgIpc) is 2.44. The van der Waals surface area contributed by atoms with Crippen LogP contribution in [0.5, 0.6) is 0 Å². The quantitative estimate of drug-likeness (QED) is 0.603. The van der Waals surface area contributed by atoms with Gasteiger partial charge in [0.1, 0.15) is 17.1 Å². The topological polar surface area (TPSA) is 65.5 Å². The molecule has 2 N–H and O–H groups in total. The Morgan fingerprint density at radius 1 is 1.71 bits per heavy atom. The van der Waals surface area contributed by atoms with Gasteiger partial charge in [0.2, 0.25) is 0 Å². The predicted molar refractivity (Wildman–Crippen MR) is 55.3 cm³/mol. The lowest BCUT2D eigenvalue weighted by molar-refractivity contribution is 0.0599. The van der Waals surface area contributed by atoms with Gasteiger partial charge in [0.25, 0.3) is 0 Å². The number of rotatable bonds is 3. The van der Waals surface area contributed by atoms with Crippen molar-refractivity contribution in [3.05, 3.63) is 23.2 Å². The van der Waals surface area contributed by atoms with Gasteiger partial charge in [-0.25, -0.2) is 4.79 Å². The molecule has 4 nitrogen and oxygen atoms in total. The number of furan rings is 1. The van der Waals surface area contributed by atoms with Gasteiger partial charge in [-0.2, -0.15) is 0 Å². The number of carbonyl (C=O) groups excluding carboxylic acids is 1. The first-order valence-corrected chi connectivity index (χ1v) is 4.41. The predicted octanol–water partition coefficient (Wildman–Crippen LogP) is 1.20. The van der Waals surface area contributed by atoms with Crippen molar-refractivity contribution in [2.45, 2.75) is 13.3 Å². The maximum atomic E-state index is 11.2. The fourth-order valence-electron chi connectivity index (χ4n) is 1.12. The highest BCUT2D eigenvalue weighted by Gasteiger charge is 2.15. The number of nitrogens with two attached hydrogens (primary N) is 1. The highest BCUT2D eigenvalue weighted by atomic mass is 32.1. The van der Waals surface area contributed by atoms with E-state index in [0.29, 0.717) is 28.5 Å². The van der Waals surface area contributed by atoms with E-state index in [1.807, 2.05) is 0 Å². The molecule has 76 valence electrons. The molecular weight excluding hydrogens is 202 g/mol. The molecule has 0 amide bonds. The number of thiocarbonyl (C=S) groups is 1. The molecule has 0 aromatic carbocycles. The second kappa shape index (κ2) is 4.23. The van der Waals surface area contributed by atoms with Crippen LogP contribution in [0, 0.1) is 6.92 Å². The Morgan fingerprint density at radius 3 is 2.86 bits per heavy atom. The third-order valence-electron chi connectivity index (χ3n) is 1.72. The zero-order chi connectivity index (χ0) is 10.7. The Hall–Kier alpha value is -1.36. The SMILES string of the molecule is COC(=O)c1cc(CC(N)=S)oc1C. The lowest BCUT2D eigenvalue weighted by Crippen LogP contribution is -2.10. The number of carbonyl (C=O) groups is 1. The summed E-state index contributed by atoms with van der Waals surface area (Å²) >= 11 is 4.73. The number of hydrogen-bond acceptors (Lipinski definition) is 4. The molecule has 5 heteroatoms. The van der Waals surface area contributed by atoms with Crippen LogP contribution in [0.4, 0.5) is 0 Å². The number of esters is 1. The Morgan fingerprint density at radius 2 is 2.36 bits per heavy atom. The summed E-state index contributed by atoms with van der Waals surface area (Å²) in [6, 6.07) is 1.60. The second-order valence-electron chi connectivity index (χ2n) is 2.82. The lowest BCUT2D eigenvalue weighted by atomic mass is 10.2. The van der Waals surface area contributed by atoms with Crippen LogP contribution in [0.3, 0.4) is 0 Å². The van der Waals surface area contributed by atoms with Crippen LogP contribution in [0.25, 0.3) is 0 Å². The van der Waals surface area contributed by atoms with E-state index >= 15 is 0 Å². The van der Waals surface area contributed by atoms with Gasteiger partial charge >= 0.3 is 5.97 Å². The fraction of sp³-hybridized carbons (Fsp3) is 0.333. The Kier molecular flexibility index (Phi) is 3.24. The largest absolute Gasteiger partial charge is 0.465 e. The highest BCUT2D eigenvalue weighted by molar-refractivity contribution is 7.80. The van der Waals surface area contributed by atoms with Crippen LogP contribution in [-0.4, -0.2) is 18.1 Å². The zero-order valence-corrected chi connectivity index (χ0v) is 8.81. The van der Waals surface area contributed by atoms with Gasteiger partial charge < -0.3 is 14.9 Å². The van der Waals surface area contributed by atoms with E-state index in [9.17, 15) is 4.79 Å². The monoisotopic (exact) mass is 213 g/mol. The summed E-state index contributed by atoms with van der Waals surface area (Å²) in [5.41, 5.74) is 5.76. The van der Waals surface area contributed by atoms with Crippen molar-refractivity contribution in [3.63, 3.8) is 0 Å². The lowest BCUT2D eigenvalue weighted by Gasteiger charge is -1.93. The van der Waals surface area contributed by atoms with Crippen LogP contribution < -0.4 is 5.73 Å². The van der Waals surface area contributed by atoms with Gasteiger partial charge in [0, 0.05) is 0 Å². The average molecular weight is 213 g/mol. The van der Waals surface area contributed by atoms with Crippen molar-refractivity contribution in [1.29, 1.82) is 0 Å². The van der Waals surface area contributed by atoms with Crippen LogP contribution in [0.2, 0.25) is 0 Å². The van der Waals surface area contributed by atoms with Crippen molar-refractivity contribution >= 4 is 23.2 Å². The molecule has 0 radical (unpaired) electrons. The number of ether oxygens (including phenoxy) is 1. The Labute approximate surface area is 87.0 Å². The molecule has 1 aromatic heterocycles. The third kappa shape index (κ3) is 2.32. The summed E-state index contributed by atoms with van der Waals surface area (Å²) in [5, 5.41) is 0. The molecule has 1 rings (SSSR count). The van der Waals surface area contributed by atoms with E-state index in [4.69, 9.17) is 22.4 Å². The molecule has 0 atom stereocenters. The van der Waals surface area contributed by atoms with Gasteiger partial charge in [-0.1, -0.05) is 12.2 Å². The molecule has 0 saturated carbocycles. The second-order valence-corrected chi connectivity index (χ2v) is 3.34. The molecule has 0 spiro atoms. The van der Waals surface area contributed by atoms with Gasteiger partial charge in [0.15, 0.2) is 0 Å². The van der Waals surface area contributed by atoms with E-state index in [-0.39, 0.29) is 0 Å². The standard InChI is InChI=1S/C9H11NO3S/c1-5-7(9(11)12-2)3-6(13-5)4-8(10)14/h3H,4H2,1-2H3,(H2,10,14). The van der Waals surface area contributed by atoms with Crippen LogP contribution in [0.1, 0.15) is 21.9 Å². The molecular formula is C9H11NO3S. The van der Waals surface area contributed by atoms with Crippen molar-refractivity contribution in [3.8, 4) is 0 Å². The van der Waals surface area contributed by atoms with E-state index in [1.54, 1.807) is 13.0 Å². The fourth-order valence-corrected chi connectivity index (χ4v) is 1.26. The summed E-state index contributed by atoms with van der Waals surface area (Å²) in [6.07, 6.45) is 0.354. The summed E-state index contributed by atoms with van der Waals surface area (Å²) in [7, 11) is 1.32. The Balaban J connectivity index is 2.93. The molecule has 1 aromatic rings. The van der Waals surface area contributed by atoms with E-state index in [2.05, 4.69) is 4.74 Å². The highest BCUT2D eigenvalue weighted by Crippen LogP contribution is 2.15. The number of methoxy groups -OCH3 is 1. The van der Waals surface area contributed by atoms with Gasteiger partial charge in [-0.3, -0.25) is 0 Å². The maximum absolute atomic E-state index is 11.2. The van der Waals surface area contributed by atoms with Gasteiger partial charge in [0.05, 0.1) is 18.5 Å². The number of aryl methyl sites for hydroxylation is 1. The van der Waals surface area contributed by atoms with Crippen molar-refractivity contribution in [2.24, 2.45) is 5.73 Å². The Bertz CT molecular complexity index is 370. The van der Waals surface area contributed by atoms with Crippen LogP contribution in [-0.2, 0) is 11.2 Å². The first-order valence-electron chi connectivity index (χ1n) is 4.00. The van der Waals surface area contributed by atoms with Gasteiger partial charge in [-0.05, 0) is 13.0 Å². The minimum absolute atomic E-state index is 0.329. The molecule has 0 saturated heterocycles. The molecule has 1 heterocycles. The number of hydrogen-bond donors (Lipinski definition) is 1. The molecule has 0 aliphatic rings. The minimum Gasteiger partial charge on any atom is -0.465 e. The van der Waals surface area contributed by atoms with Crippen LogP contribution >= 0.6 is 12.2 Å². The summed E-state index contributed by atoms with van der Waals surface area (Å²) < 4.78 is 9.85. The van der Waals surface area contributed by atoms with Crippen molar-refractivity contribution in [2.75, 3.05) is 7.11 Å². The van der Waals surface area contributed by atoms with Crippen LogP contribution in [0.15, 0.2) is 10.5 Å².